The number of hydrogen-bond donors (Lipinski definition) is 2. The van der Waals surface area contributed by atoms with E-state index < -0.39 is 5.25 Å². The van der Waals surface area contributed by atoms with E-state index in [2.05, 4.69) is 20.7 Å². The average molecular weight is 379 g/mol. The van der Waals surface area contributed by atoms with Gasteiger partial charge in [-0.25, -0.2) is 4.68 Å². The molecule has 1 aromatic carbocycles. The molecule has 0 saturated heterocycles. The van der Waals surface area contributed by atoms with Gasteiger partial charge in [-0.2, -0.15) is 0 Å². The van der Waals surface area contributed by atoms with Gasteiger partial charge in [0.25, 0.3) is 0 Å². The van der Waals surface area contributed by atoms with Gasteiger partial charge in [-0.15, -0.1) is 10.2 Å². The lowest BCUT2D eigenvalue weighted by molar-refractivity contribution is -0.115. The summed E-state index contributed by atoms with van der Waals surface area (Å²) in [5.74, 6) is 7.21. The van der Waals surface area contributed by atoms with Crippen molar-refractivity contribution in [3.05, 3.63) is 41.1 Å². The lowest BCUT2D eigenvalue weighted by Gasteiger charge is -2.10. The maximum Gasteiger partial charge on any atom is 0.238 e. The highest BCUT2D eigenvalue weighted by atomic mass is 35.5. The first kappa shape index (κ1) is 17.3. The lowest BCUT2D eigenvalue weighted by Crippen LogP contribution is -2.23. The standard InChI is InChI=1S/C15H15ClN6O2S/c1-8-7-12(21-24-8)18-14(23)9(2)25-15-20-19-13(22(15)17)10-5-3-4-6-11(10)16/h3-7,9H,17H2,1-2H3,(H,18,21,23)/t9-/m1/s1. The zero-order valence-electron chi connectivity index (χ0n) is 13.4. The number of carbonyl (C=O) groups is 1. The maximum absolute atomic E-state index is 12.2. The molecule has 1 amide bonds. The van der Waals surface area contributed by atoms with Gasteiger partial charge in [0.1, 0.15) is 5.76 Å². The lowest BCUT2D eigenvalue weighted by atomic mass is 10.2. The topological polar surface area (TPSA) is 112 Å². The van der Waals surface area contributed by atoms with Crippen LogP contribution in [0.5, 0.6) is 0 Å². The Labute approximate surface area is 152 Å². The Morgan fingerprint density at radius 3 is 2.84 bits per heavy atom. The smallest absolute Gasteiger partial charge is 0.238 e. The summed E-state index contributed by atoms with van der Waals surface area (Å²) in [5.41, 5.74) is 0.668. The van der Waals surface area contributed by atoms with Gasteiger partial charge in [-0.3, -0.25) is 4.79 Å². The molecule has 0 saturated carbocycles. The number of anilines is 1. The van der Waals surface area contributed by atoms with E-state index >= 15 is 0 Å². The van der Waals surface area contributed by atoms with Crippen molar-refractivity contribution in [2.75, 3.05) is 11.2 Å². The Morgan fingerprint density at radius 1 is 1.40 bits per heavy atom. The van der Waals surface area contributed by atoms with Crippen LogP contribution in [0.15, 0.2) is 40.0 Å². The molecule has 25 heavy (non-hydrogen) atoms. The van der Waals surface area contributed by atoms with Crippen molar-refractivity contribution in [2.45, 2.75) is 24.3 Å². The van der Waals surface area contributed by atoms with Crippen molar-refractivity contribution in [1.29, 1.82) is 0 Å². The van der Waals surface area contributed by atoms with Crippen LogP contribution in [0, 0.1) is 6.92 Å². The van der Waals surface area contributed by atoms with Crippen molar-refractivity contribution in [3.63, 3.8) is 0 Å². The summed E-state index contributed by atoms with van der Waals surface area (Å²) in [7, 11) is 0. The molecule has 0 fully saturated rings. The first-order valence-corrected chi connectivity index (χ1v) is 8.57. The third-order valence-corrected chi connectivity index (χ3v) is 4.70. The third-order valence-electron chi connectivity index (χ3n) is 3.31. The van der Waals surface area contributed by atoms with Crippen LogP contribution in [0.3, 0.4) is 0 Å². The van der Waals surface area contributed by atoms with Gasteiger partial charge in [0.15, 0.2) is 11.6 Å². The number of nitrogens with one attached hydrogen (secondary N) is 1. The summed E-state index contributed by atoms with van der Waals surface area (Å²) >= 11 is 7.34. The minimum absolute atomic E-state index is 0.249. The SMILES string of the molecule is Cc1cc(NC(=O)[C@@H](C)Sc2nnc(-c3ccccc3Cl)n2N)no1. The van der Waals surface area contributed by atoms with Crippen molar-refractivity contribution in [3.8, 4) is 11.4 Å². The van der Waals surface area contributed by atoms with E-state index in [1.165, 1.54) is 16.4 Å². The summed E-state index contributed by atoms with van der Waals surface area (Å²) in [4.78, 5) is 12.2. The molecule has 0 radical (unpaired) electrons. The van der Waals surface area contributed by atoms with Gasteiger partial charge in [-0.1, -0.05) is 40.7 Å². The highest BCUT2D eigenvalue weighted by Crippen LogP contribution is 2.29. The number of halogens is 1. The highest BCUT2D eigenvalue weighted by Gasteiger charge is 2.21. The van der Waals surface area contributed by atoms with Gasteiger partial charge in [0.2, 0.25) is 11.1 Å². The quantitative estimate of drug-likeness (QED) is 0.518. The zero-order chi connectivity index (χ0) is 18.0. The van der Waals surface area contributed by atoms with Crippen LogP contribution in [0.25, 0.3) is 11.4 Å². The number of benzene rings is 1. The molecule has 10 heteroatoms. The fourth-order valence-electron chi connectivity index (χ4n) is 2.05. The van der Waals surface area contributed by atoms with Crippen LogP contribution in [0.1, 0.15) is 12.7 Å². The van der Waals surface area contributed by atoms with Crippen LogP contribution in [-0.2, 0) is 4.79 Å². The van der Waals surface area contributed by atoms with E-state index in [0.717, 1.165) is 0 Å². The molecule has 0 aliphatic heterocycles. The number of nitrogens with two attached hydrogens (primary N) is 1. The predicted molar refractivity (Wildman–Crippen MR) is 95.8 cm³/mol. The number of hydrogen-bond acceptors (Lipinski definition) is 7. The first-order chi connectivity index (χ1) is 12.0. The number of aryl methyl sites for hydroxylation is 1. The van der Waals surface area contributed by atoms with Crippen molar-refractivity contribution in [1.82, 2.24) is 20.0 Å². The fourth-order valence-corrected chi connectivity index (χ4v) is 3.04. The van der Waals surface area contributed by atoms with E-state index in [1.807, 2.05) is 12.1 Å². The van der Waals surface area contributed by atoms with Crippen LogP contribution in [0.4, 0.5) is 5.82 Å². The number of amides is 1. The Hall–Kier alpha value is -2.52. The summed E-state index contributed by atoms with van der Waals surface area (Å²) in [6.07, 6.45) is 0. The summed E-state index contributed by atoms with van der Waals surface area (Å²) in [6.45, 7) is 3.48. The van der Waals surface area contributed by atoms with E-state index in [4.69, 9.17) is 22.0 Å². The van der Waals surface area contributed by atoms with Crippen molar-refractivity contribution >= 4 is 35.1 Å². The van der Waals surface area contributed by atoms with Gasteiger partial charge in [0.05, 0.1) is 10.3 Å². The molecule has 0 bridgehead atoms. The van der Waals surface area contributed by atoms with E-state index in [9.17, 15) is 4.79 Å². The van der Waals surface area contributed by atoms with E-state index in [0.29, 0.717) is 33.1 Å². The number of nitrogen functional groups attached to an aromatic ring is 1. The van der Waals surface area contributed by atoms with E-state index in [1.54, 1.807) is 32.0 Å². The molecule has 3 aromatic rings. The number of nitrogens with zero attached hydrogens (tertiary/aromatic N) is 4. The molecule has 3 rings (SSSR count). The predicted octanol–water partition coefficient (Wildman–Crippen LogP) is 2.73. The molecular weight excluding hydrogens is 364 g/mol. The molecular formula is C15H15ClN6O2S. The molecule has 8 nitrogen and oxygen atoms in total. The van der Waals surface area contributed by atoms with Crippen molar-refractivity contribution < 1.29 is 9.32 Å². The third kappa shape index (κ3) is 3.77. The second kappa shape index (κ2) is 7.16. The van der Waals surface area contributed by atoms with Gasteiger partial charge in [-0.05, 0) is 26.0 Å². The second-order valence-electron chi connectivity index (χ2n) is 5.23. The molecule has 130 valence electrons. The Morgan fingerprint density at radius 2 is 2.16 bits per heavy atom. The number of thioether (sulfide) groups is 1. The van der Waals surface area contributed by atoms with Crippen LogP contribution < -0.4 is 11.2 Å². The Balaban J connectivity index is 1.73. The normalized spacial score (nSPS) is 12.1. The van der Waals surface area contributed by atoms with Crippen molar-refractivity contribution in [2.24, 2.45) is 0 Å². The zero-order valence-corrected chi connectivity index (χ0v) is 15.0. The second-order valence-corrected chi connectivity index (χ2v) is 6.94. The Bertz CT molecular complexity index is 909. The summed E-state index contributed by atoms with van der Waals surface area (Å²) < 4.78 is 6.23. The highest BCUT2D eigenvalue weighted by molar-refractivity contribution is 8.00. The fraction of sp³-hybridized carbons (Fsp3) is 0.200. The molecule has 3 N–H and O–H groups in total. The molecule has 2 aromatic heterocycles. The van der Waals surface area contributed by atoms with Gasteiger partial charge < -0.3 is 15.7 Å². The monoisotopic (exact) mass is 378 g/mol. The Kier molecular flexibility index (Phi) is 4.95. The summed E-state index contributed by atoms with van der Waals surface area (Å²) in [6, 6.07) is 8.83. The molecule has 0 spiro atoms. The largest absolute Gasteiger partial charge is 0.360 e. The molecule has 2 heterocycles. The average Bonchev–Trinajstić information content (AvgIpc) is 3.14. The number of aromatic nitrogens is 4. The first-order valence-electron chi connectivity index (χ1n) is 7.32. The molecule has 1 atom stereocenters. The number of carbonyl (C=O) groups excluding carboxylic acids is 1. The van der Waals surface area contributed by atoms with Gasteiger partial charge >= 0.3 is 0 Å². The van der Waals surface area contributed by atoms with Crippen LogP contribution in [-0.4, -0.2) is 31.2 Å². The van der Waals surface area contributed by atoms with E-state index in [-0.39, 0.29) is 5.91 Å². The summed E-state index contributed by atoms with van der Waals surface area (Å²) in [5, 5.41) is 15.0. The number of rotatable bonds is 5. The van der Waals surface area contributed by atoms with Crippen LogP contribution >= 0.6 is 23.4 Å². The minimum Gasteiger partial charge on any atom is -0.360 e. The molecule has 0 unspecified atom stereocenters. The molecule has 0 aliphatic carbocycles. The minimum atomic E-state index is -0.470. The van der Waals surface area contributed by atoms with Crippen LogP contribution in [0.2, 0.25) is 5.02 Å². The maximum atomic E-state index is 12.2. The van der Waals surface area contributed by atoms with Gasteiger partial charge in [0, 0.05) is 11.6 Å². The molecule has 0 aliphatic rings.